The zero-order valence-corrected chi connectivity index (χ0v) is 13.4. The number of H-pyrrole nitrogens is 1. The third-order valence-electron chi connectivity index (χ3n) is 4.81. The van der Waals surface area contributed by atoms with E-state index in [2.05, 4.69) is 40.6 Å². The van der Waals surface area contributed by atoms with Gasteiger partial charge in [-0.2, -0.15) is 0 Å². The fourth-order valence-corrected chi connectivity index (χ4v) is 3.70. The summed E-state index contributed by atoms with van der Waals surface area (Å²) >= 11 is 0. The Morgan fingerprint density at radius 1 is 0.917 bits per heavy atom. The summed E-state index contributed by atoms with van der Waals surface area (Å²) in [5.41, 5.74) is 6.19. The summed E-state index contributed by atoms with van der Waals surface area (Å²) in [6, 6.07) is 14.5. The predicted molar refractivity (Wildman–Crippen MR) is 93.2 cm³/mol. The zero-order valence-electron chi connectivity index (χ0n) is 13.4. The number of fused-ring (bicyclic) bond motifs is 3. The molecule has 2 aromatic carbocycles. The minimum Gasteiger partial charge on any atom is -0.486 e. The number of ether oxygens (including phenoxy) is 2. The number of aromatic nitrogens is 1. The van der Waals surface area contributed by atoms with Crippen LogP contribution in [0.1, 0.15) is 17.7 Å². The lowest BCUT2D eigenvalue weighted by atomic mass is 10.1. The number of anilines is 2. The van der Waals surface area contributed by atoms with E-state index < -0.39 is 0 Å². The number of nitrogens with one attached hydrogen (secondary N) is 2. The van der Waals surface area contributed by atoms with Crippen molar-refractivity contribution in [3.05, 3.63) is 53.7 Å². The van der Waals surface area contributed by atoms with Crippen molar-refractivity contribution in [3.8, 4) is 11.5 Å². The van der Waals surface area contributed by atoms with E-state index in [9.17, 15) is 0 Å². The van der Waals surface area contributed by atoms with Crippen LogP contribution in [0.2, 0.25) is 0 Å². The Morgan fingerprint density at radius 2 is 1.79 bits per heavy atom. The standard InChI is InChI=1S/C20H18N2O2/c1-2-6-16-14(4-1)20(15-5-3-7-17(15)22-16)21-13-8-9-18-19(12-13)24-11-10-23-18/h1-2,4,6,8-9,12H,3,5,7,10-11H2,(H,21,22)/p+1. The molecule has 2 N–H and O–H groups in total. The average molecular weight is 319 g/mol. The summed E-state index contributed by atoms with van der Waals surface area (Å²) in [5.74, 6) is 1.64. The van der Waals surface area contributed by atoms with Gasteiger partial charge < -0.3 is 14.8 Å². The highest BCUT2D eigenvalue weighted by Gasteiger charge is 2.24. The monoisotopic (exact) mass is 319 g/mol. The van der Waals surface area contributed by atoms with Gasteiger partial charge >= 0.3 is 0 Å². The van der Waals surface area contributed by atoms with E-state index in [1.165, 1.54) is 34.3 Å². The predicted octanol–water partition coefficient (Wildman–Crippen LogP) is 3.66. The van der Waals surface area contributed by atoms with Gasteiger partial charge in [-0.1, -0.05) is 12.1 Å². The average Bonchev–Trinajstić information content (AvgIpc) is 3.10. The molecule has 5 rings (SSSR count). The van der Waals surface area contributed by atoms with Crippen LogP contribution in [0, 0.1) is 0 Å². The molecule has 0 atom stereocenters. The molecule has 24 heavy (non-hydrogen) atoms. The topological polar surface area (TPSA) is 44.6 Å². The molecule has 2 heterocycles. The molecular weight excluding hydrogens is 300 g/mol. The molecule has 1 aliphatic carbocycles. The zero-order chi connectivity index (χ0) is 15.9. The molecule has 4 nitrogen and oxygen atoms in total. The molecule has 1 aromatic heterocycles. The summed E-state index contributed by atoms with van der Waals surface area (Å²) in [7, 11) is 0. The third-order valence-corrected chi connectivity index (χ3v) is 4.81. The minimum absolute atomic E-state index is 0.606. The molecule has 120 valence electrons. The van der Waals surface area contributed by atoms with Crippen LogP contribution in [0.4, 0.5) is 11.4 Å². The Labute approximate surface area is 140 Å². The molecule has 0 radical (unpaired) electrons. The normalized spacial score (nSPS) is 15.3. The van der Waals surface area contributed by atoms with Gasteiger partial charge in [-0.25, -0.2) is 4.98 Å². The SMILES string of the molecule is c1ccc2c(Nc3ccc4c(c3)OCCO4)c3c([nH+]c2c1)CCC3. The van der Waals surface area contributed by atoms with Crippen molar-refractivity contribution >= 4 is 22.3 Å². The second-order valence-corrected chi connectivity index (χ2v) is 6.34. The number of hydrogen-bond acceptors (Lipinski definition) is 3. The van der Waals surface area contributed by atoms with Crippen molar-refractivity contribution in [1.82, 2.24) is 0 Å². The Bertz CT molecular complexity index is 936. The van der Waals surface area contributed by atoms with E-state index in [0.29, 0.717) is 13.2 Å². The van der Waals surface area contributed by atoms with Crippen LogP contribution in [-0.2, 0) is 12.8 Å². The van der Waals surface area contributed by atoms with Gasteiger partial charge in [-0.15, -0.1) is 0 Å². The first-order valence-electron chi connectivity index (χ1n) is 8.51. The molecule has 0 fully saturated rings. The van der Waals surface area contributed by atoms with Crippen LogP contribution < -0.4 is 19.8 Å². The van der Waals surface area contributed by atoms with Crippen LogP contribution in [0.5, 0.6) is 11.5 Å². The van der Waals surface area contributed by atoms with Gasteiger partial charge in [0, 0.05) is 29.8 Å². The number of benzene rings is 2. The molecule has 1 aliphatic heterocycles. The fraction of sp³-hybridized carbons (Fsp3) is 0.250. The summed E-state index contributed by atoms with van der Waals surface area (Å²) in [4.78, 5) is 3.60. The van der Waals surface area contributed by atoms with E-state index in [1.807, 2.05) is 12.1 Å². The number of para-hydroxylation sites is 1. The van der Waals surface area contributed by atoms with Gasteiger partial charge in [-0.3, -0.25) is 0 Å². The lowest BCUT2D eigenvalue weighted by Gasteiger charge is -2.19. The highest BCUT2D eigenvalue weighted by atomic mass is 16.6. The Hall–Kier alpha value is -2.75. The maximum absolute atomic E-state index is 5.71. The summed E-state index contributed by atoms with van der Waals surface area (Å²) < 4.78 is 11.3. The molecule has 0 saturated carbocycles. The van der Waals surface area contributed by atoms with Crippen molar-refractivity contribution in [2.45, 2.75) is 19.3 Å². The minimum atomic E-state index is 0.606. The Kier molecular flexibility index (Phi) is 3.08. The molecule has 2 aliphatic rings. The molecule has 0 unspecified atom stereocenters. The quantitative estimate of drug-likeness (QED) is 0.784. The number of aromatic amines is 1. The van der Waals surface area contributed by atoms with Crippen LogP contribution in [0.15, 0.2) is 42.5 Å². The van der Waals surface area contributed by atoms with Crippen molar-refractivity contribution < 1.29 is 14.5 Å². The largest absolute Gasteiger partial charge is 0.486 e. The second-order valence-electron chi connectivity index (χ2n) is 6.34. The molecule has 0 amide bonds. The van der Waals surface area contributed by atoms with Gasteiger partial charge in [0.15, 0.2) is 17.2 Å². The van der Waals surface area contributed by atoms with Crippen LogP contribution in [0.3, 0.4) is 0 Å². The first-order valence-corrected chi connectivity index (χ1v) is 8.51. The third kappa shape index (κ3) is 2.18. The number of hydrogen-bond donors (Lipinski definition) is 1. The van der Waals surface area contributed by atoms with E-state index in [0.717, 1.165) is 30.0 Å². The van der Waals surface area contributed by atoms with E-state index in [4.69, 9.17) is 9.47 Å². The Morgan fingerprint density at radius 3 is 2.75 bits per heavy atom. The molecule has 0 saturated heterocycles. The van der Waals surface area contributed by atoms with Crippen LogP contribution in [0.25, 0.3) is 10.9 Å². The number of rotatable bonds is 2. The highest BCUT2D eigenvalue weighted by Crippen LogP contribution is 2.37. The summed E-state index contributed by atoms with van der Waals surface area (Å²) in [6.45, 7) is 1.22. The molecule has 4 heteroatoms. The van der Waals surface area contributed by atoms with Crippen LogP contribution >= 0.6 is 0 Å². The summed E-state index contributed by atoms with van der Waals surface area (Å²) in [5, 5.41) is 4.87. The Balaban J connectivity index is 1.62. The first kappa shape index (κ1) is 13.7. The number of pyridine rings is 1. The van der Waals surface area contributed by atoms with E-state index in [-0.39, 0.29) is 0 Å². The molecular formula is C20H19N2O2+. The number of aryl methyl sites for hydroxylation is 1. The molecule has 3 aromatic rings. The highest BCUT2D eigenvalue weighted by molar-refractivity contribution is 5.93. The lowest BCUT2D eigenvalue weighted by Crippen LogP contribution is -2.15. The van der Waals surface area contributed by atoms with Crippen LogP contribution in [-0.4, -0.2) is 13.2 Å². The smallest absolute Gasteiger partial charge is 0.213 e. The van der Waals surface area contributed by atoms with Crippen molar-refractivity contribution in [2.75, 3.05) is 18.5 Å². The summed E-state index contributed by atoms with van der Waals surface area (Å²) in [6.07, 6.45) is 3.44. The lowest BCUT2D eigenvalue weighted by molar-refractivity contribution is -0.356. The maximum Gasteiger partial charge on any atom is 0.213 e. The van der Waals surface area contributed by atoms with Gasteiger partial charge in [0.05, 0.1) is 11.1 Å². The van der Waals surface area contributed by atoms with Gasteiger partial charge in [-0.05, 0) is 31.0 Å². The fourth-order valence-electron chi connectivity index (χ4n) is 3.70. The van der Waals surface area contributed by atoms with Crippen molar-refractivity contribution in [3.63, 3.8) is 0 Å². The van der Waals surface area contributed by atoms with Crippen molar-refractivity contribution in [1.29, 1.82) is 0 Å². The van der Waals surface area contributed by atoms with E-state index >= 15 is 0 Å². The van der Waals surface area contributed by atoms with E-state index in [1.54, 1.807) is 0 Å². The first-order chi connectivity index (χ1) is 11.9. The maximum atomic E-state index is 5.71. The molecule has 0 bridgehead atoms. The van der Waals surface area contributed by atoms with Gasteiger partial charge in [0.25, 0.3) is 0 Å². The molecule has 0 spiro atoms. The van der Waals surface area contributed by atoms with Gasteiger partial charge in [0.2, 0.25) is 5.52 Å². The second kappa shape index (κ2) is 5.41. The van der Waals surface area contributed by atoms with Gasteiger partial charge in [0.1, 0.15) is 13.2 Å². The van der Waals surface area contributed by atoms with Crippen molar-refractivity contribution in [2.24, 2.45) is 0 Å².